The second kappa shape index (κ2) is 12.1. The first-order valence-corrected chi connectivity index (χ1v) is 15.7. The minimum atomic E-state index is -3.93. The van der Waals surface area contributed by atoms with E-state index in [0.29, 0.717) is 83.4 Å². The maximum Gasteiger partial charge on any atom is 0.250 e. The van der Waals surface area contributed by atoms with Gasteiger partial charge in [0, 0.05) is 55.5 Å². The van der Waals surface area contributed by atoms with Crippen molar-refractivity contribution in [3.63, 3.8) is 0 Å². The van der Waals surface area contributed by atoms with E-state index in [-0.39, 0.29) is 22.6 Å². The molecule has 3 fully saturated rings. The van der Waals surface area contributed by atoms with Crippen molar-refractivity contribution in [1.29, 1.82) is 0 Å². The van der Waals surface area contributed by atoms with Crippen molar-refractivity contribution >= 4 is 60.8 Å². The topological polar surface area (TPSA) is 120 Å². The summed E-state index contributed by atoms with van der Waals surface area (Å²) in [6.07, 6.45) is 0.959. The SMILES string of the molecule is O=C(CN1CCN(C(=O)CN2CCC[C@H](NS(=O)(=O)c3cc4ccc(Cl)cc4s3)C2=O)CC1)N1CCOCC1. The largest absolute Gasteiger partial charge is 0.378 e. The summed E-state index contributed by atoms with van der Waals surface area (Å²) in [5.74, 6) is -0.491. The van der Waals surface area contributed by atoms with E-state index in [1.165, 1.54) is 4.90 Å². The van der Waals surface area contributed by atoms with Crippen LogP contribution in [-0.2, 0) is 29.1 Å². The zero-order chi connectivity index (χ0) is 27.6. The maximum absolute atomic E-state index is 13.1. The van der Waals surface area contributed by atoms with E-state index in [9.17, 15) is 22.8 Å². The van der Waals surface area contributed by atoms with Crippen LogP contribution in [0.3, 0.4) is 0 Å². The average Bonchev–Trinajstić information content (AvgIpc) is 3.36. The van der Waals surface area contributed by atoms with Crippen LogP contribution >= 0.6 is 22.9 Å². The molecule has 39 heavy (non-hydrogen) atoms. The second-order valence-corrected chi connectivity index (χ2v) is 13.4. The molecule has 0 saturated carbocycles. The maximum atomic E-state index is 13.1. The van der Waals surface area contributed by atoms with Gasteiger partial charge in [0.2, 0.25) is 17.7 Å². The zero-order valence-corrected chi connectivity index (χ0v) is 23.9. The zero-order valence-electron chi connectivity index (χ0n) is 21.5. The summed E-state index contributed by atoms with van der Waals surface area (Å²) in [6, 6.07) is 5.82. The molecular formula is C25H32ClN5O6S2. The molecule has 5 rings (SSSR count). The minimum Gasteiger partial charge on any atom is -0.378 e. The number of fused-ring (bicyclic) bond motifs is 1. The number of halogens is 1. The van der Waals surface area contributed by atoms with Gasteiger partial charge < -0.3 is 19.4 Å². The molecule has 3 aliphatic rings. The first kappa shape index (κ1) is 28.2. The summed E-state index contributed by atoms with van der Waals surface area (Å²) in [7, 11) is -3.93. The number of hydrogen-bond acceptors (Lipinski definition) is 8. The number of nitrogens with one attached hydrogen (secondary N) is 1. The van der Waals surface area contributed by atoms with Crippen molar-refractivity contribution in [1.82, 2.24) is 24.3 Å². The summed E-state index contributed by atoms with van der Waals surface area (Å²) in [6.45, 7) is 5.08. The van der Waals surface area contributed by atoms with Gasteiger partial charge in [0.25, 0.3) is 10.0 Å². The highest BCUT2D eigenvalue weighted by molar-refractivity contribution is 7.91. The normalized spacial score (nSPS) is 21.5. The van der Waals surface area contributed by atoms with Gasteiger partial charge in [-0.25, -0.2) is 8.42 Å². The van der Waals surface area contributed by atoms with Gasteiger partial charge in [-0.3, -0.25) is 19.3 Å². The van der Waals surface area contributed by atoms with E-state index in [1.54, 1.807) is 29.2 Å². The van der Waals surface area contributed by atoms with Crippen molar-refractivity contribution in [3.8, 4) is 0 Å². The van der Waals surface area contributed by atoms with Gasteiger partial charge in [-0.1, -0.05) is 17.7 Å². The third kappa shape index (κ3) is 6.72. The molecule has 3 saturated heterocycles. The van der Waals surface area contributed by atoms with Crippen LogP contribution in [-0.4, -0.2) is 124 Å². The van der Waals surface area contributed by atoms with Crippen molar-refractivity contribution in [3.05, 3.63) is 29.3 Å². The van der Waals surface area contributed by atoms with E-state index in [2.05, 4.69) is 4.72 Å². The Morgan fingerprint density at radius 1 is 0.974 bits per heavy atom. The Morgan fingerprint density at radius 2 is 1.67 bits per heavy atom. The number of carbonyl (C=O) groups is 3. The molecule has 1 atom stereocenters. The van der Waals surface area contributed by atoms with E-state index in [1.807, 2.05) is 9.80 Å². The summed E-state index contributed by atoms with van der Waals surface area (Å²) in [5.41, 5.74) is 0. The second-order valence-electron chi connectivity index (χ2n) is 9.97. The number of piperazine rings is 1. The number of hydrogen-bond donors (Lipinski definition) is 1. The molecule has 14 heteroatoms. The van der Waals surface area contributed by atoms with Gasteiger partial charge in [-0.15, -0.1) is 11.3 Å². The molecule has 0 aliphatic carbocycles. The van der Waals surface area contributed by atoms with Crippen LogP contribution in [0.15, 0.2) is 28.5 Å². The van der Waals surface area contributed by atoms with Crippen LogP contribution in [0.4, 0.5) is 0 Å². The lowest BCUT2D eigenvalue weighted by molar-refractivity contribution is -0.144. The molecular weight excluding hydrogens is 566 g/mol. The van der Waals surface area contributed by atoms with Gasteiger partial charge in [-0.2, -0.15) is 4.72 Å². The van der Waals surface area contributed by atoms with Gasteiger partial charge in [0.1, 0.15) is 10.3 Å². The highest BCUT2D eigenvalue weighted by atomic mass is 35.5. The van der Waals surface area contributed by atoms with Gasteiger partial charge in [-0.05, 0) is 36.4 Å². The highest BCUT2D eigenvalue weighted by Crippen LogP contribution is 2.31. The first-order chi connectivity index (χ1) is 18.7. The lowest BCUT2D eigenvalue weighted by Crippen LogP contribution is -2.57. The number of carbonyl (C=O) groups excluding carboxylic acids is 3. The number of amides is 3. The first-order valence-electron chi connectivity index (χ1n) is 13.1. The number of ether oxygens (including phenoxy) is 1. The number of sulfonamides is 1. The highest BCUT2D eigenvalue weighted by Gasteiger charge is 2.35. The van der Waals surface area contributed by atoms with Crippen LogP contribution in [0.1, 0.15) is 12.8 Å². The van der Waals surface area contributed by atoms with Crippen LogP contribution in [0.5, 0.6) is 0 Å². The summed E-state index contributed by atoms with van der Waals surface area (Å²) < 4.78 is 34.8. The molecule has 3 aliphatic heterocycles. The van der Waals surface area contributed by atoms with E-state index in [4.69, 9.17) is 16.3 Å². The molecule has 3 amide bonds. The molecule has 4 heterocycles. The van der Waals surface area contributed by atoms with Crippen molar-refractivity contribution in [2.24, 2.45) is 0 Å². The molecule has 1 aromatic carbocycles. The monoisotopic (exact) mass is 597 g/mol. The third-order valence-corrected chi connectivity index (χ3v) is 10.6. The number of piperidine rings is 1. The fraction of sp³-hybridized carbons (Fsp3) is 0.560. The lowest BCUT2D eigenvalue weighted by Gasteiger charge is -2.38. The average molecular weight is 598 g/mol. The van der Waals surface area contributed by atoms with Crippen LogP contribution < -0.4 is 4.72 Å². The van der Waals surface area contributed by atoms with Crippen molar-refractivity contribution in [2.75, 3.05) is 72.1 Å². The summed E-state index contributed by atoms with van der Waals surface area (Å²) in [4.78, 5) is 45.7. The summed E-state index contributed by atoms with van der Waals surface area (Å²) >= 11 is 7.12. The standard InChI is InChI=1S/C25H32ClN5O6S2/c26-19-4-3-18-14-24(38-21(18)15-19)39(35,36)27-20-2-1-5-31(25(20)34)17-23(33)29-8-6-28(7-9-29)16-22(32)30-10-12-37-13-11-30/h3-4,14-15,20,27H,1-2,5-13,16-17H2/t20-/m0/s1. The Morgan fingerprint density at radius 3 is 2.41 bits per heavy atom. The minimum absolute atomic E-state index is 0.0740. The predicted octanol–water partition coefficient (Wildman–Crippen LogP) is 0.827. The number of thiophene rings is 1. The molecule has 11 nitrogen and oxygen atoms in total. The fourth-order valence-corrected chi connectivity index (χ4v) is 8.00. The molecule has 1 N–H and O–H groups in total. The quantitative estimate of drug-likeness (QED) is 0.502. The van der Waals surface area contributed by atoms with Gasteiger partial charge in [0.15, 0.2) is 0 Å². The van der Waals surface area contributed by atoms with Crippen LogP contribution in [0.25, 0.3) is 10.1 Å². The Hall–Kier alpha value is -2.29. The Balaban J connectivity index is 1.12. The van der Waals surface area contributed by atoms with Crippen molar-refractivity contribution < 1.29 is 27.5 Å². The number of benzene rings is 1. The number of nitrogens with zero attached hydrogens (tertiary/aromatic N) is 4. The van der Waals surface area contributed by atoms with Gasteiger partial charge >= 0.3 is 0 Å². The fourth-order valence-electron chi connectivity index (χ4n) is 5.09. The Bertz CT molecular complexity index is 1340. The third-order valence-electron chi connectivity index (χ3n) is 7.33. The molecule has 0 bridgehead atoms. The summed E-state index contributed by atoms with van der Waals surface area (Å²) in [5, 5.41) is 1.28. The Labute approximate surface area is 236 Å². The van der Waals surface area contributed by atoms with E-state index < -0.39 is 22.0 Å². The van der Waals surface area contributed by atoms with E-state index in [0.717, 1.165) is 21.4 Å². The molecule has 212 valence electrons. The van der Waals surface area contributed by atoms with E-state index >= 15 is 0 Å². The predicted molar refractivity (Wildman–Crippen MR) is 147 cm³/mol. The van der Waals surface area contributed by atoms with Gasteiger partial charge in [0.05, 0.1) is 26.3 Å². The molecule has 0 unspecified atom stereocenters. The van der Waals surface area contributed by atoms with Crippen molar-refractivity contribution in [2.45, 2.75) is 23.1 Å². The number of likely N-dealkylation sites (tertiary alicyclic amines) is 1. The number of rotatable bonds is 7. The molecule has 0 spiro atoms. The molecule has 0 radical (unpaired) electrons. The number of morpholine rings is 1. The van der Waals surface area contributed by atoms with Crippen LogP contribution in [0, 0.1) is 0 Å². The smallest absolute Gasteiger partial charge is 0.250 e. The lowest BCUT2D eigenvalue weighted by atomic mass is 10.1. The molecule has 1 aromatic heterocycles. The molecule has 2 aromatic rings. The van der Waals surface area contributed by atoms with Crippen LogP contribution in [0.2, 0.25) is 5.02 Å². The Kier molecular flexibility index (Phi) is 8.74.